The van der Waals surface area contributed by atoms with Gasteiger partial charge in [-0.25, -0.2) is 13.7 Å². The van der Waals surface area contributed by atoms with Gasteiger partial charge in [-0.3, -0.25) is 0 Å². The lowest BCUT2D eigenvalue weighted by Crippen LogP contribution is -1.97. The second kappa shape index (κ2) is 6.40. The molecule has 0 radical (unpaired) electrons. The van der Waals surface area contributed by atoms with E-state index in [9.17, 15) is 9.13 Å². The monoisotopic (exact) mass is 262 g/mol. The molecule has 0 aromatic rings. The minimum Gasteiger partial charge on any atom is -0.412 e. The van der Waals surface area contributed by atoms with Crippen LogP contribution in [0.15, 0.2) is 12.3 Å². The molecule has 10 heteroatoms. The van der Waals surface area contributed by atoms with Crippen LogP contribution in [0.4, 0.5) is 0 Å². The Morgan fingerprint density at radius 2 is 1.93 bits per heavy atom. The van der Waals surface area contributed by atoms with Crippen LogP contribution in [0.5, 0.6) is 0 Å². The summed E-state index contributed by atoms with van der Waals surface area (Å²) in [6.07, 6.45) is 2.87. The van der Waals surface area contributed by atoms with E-state index in [1.54, 1.807) is 6.92 Å². The van der Waals surface area contributed by atoms with E-state index in [2.05, 4.69) is 13.4 Å². The van der Waals surface area contributed by atoms with Gasteiger partial charge in [0.15, 0.2) is 6.79 Å². The smallest absolute Gasteiger partial charge is 0.412 e. The molecule has 0 aromatic heterocycles. The van der Waals surface area contributed by atoms with E-state index >= 15 is 0 Å². The van der Waals surface area contributed by atoms with E-state index in [-0.39, 0.29) is 0 Å². The van der Waals surface area contributed by atoms with E-state index in [0.717, 1.165) is 6.26 Å². The van der Waals surface area contributed by atoms with Gasteiger partial charge in [-0.15, -0.1) is 0 Å². The van der Waals surface area contributed by atoms with Gasteiger partial charge in [0.2, 0.25) is 0 Å². The number of phosphoric acid groups is 2. The summed E-state index contributed by atoms with van der Waals surface area (Å²) in [4.78, 5) is 16.8. The molecule has 0 fully saturated rings. The third kappa shape index (κ3) is 7.70. The number of hydrogen-bond donors (Lipinski definition) is 3. The molecule has 0 heterocycles. The van der Waals surface area contributed by atoms with E-state index in [0.29, 0.717) is 6.42 Å². The average molecular weight is 262 g/mol. The van der Waals surface area contributed by atoms with Crippen LogP contribution < -0.4 is 0 Å². The standard InChI is InChI=1S/C5H12O8P2/c1-2-3-4-11-15(10,12-5-6)13-14(7,8)9/h3-4,6H,2,5H2,1H3,(H2,7,8,9). The van der Waals surface area contributed by atoms with Crippen LogP contribution >= 0.6 is 15.6 Å². The number of hydrogen-bond acceptors (Lipinski definition) is 6. The Kier molecular flexibility index (Phi) is 6.31. The molecule has 0 aliphatic heterocycles. The fraction of sp³-hybridized carbons (Fsp3) is 0.600. The summed E-state index contributed by atoms with van der Waals surface area (Å²) >= 11 is 0. The molecule has 0 aromatic carbocycles. The van der Waals surface area contributed by atoms with Crippen LogP contribution in [-0.4, -0.2) is 21.7 Å². The molecule has 0 aliphatic carbocycles. The van der Waals surface area contributed by atoms with Crippen molar-refractivity contribution >= 4 is 15.6 Å². The van der Waals surface area contributed by atoms with Gasteiger partial charge < -0.3 is 19.4 Å². The summed E-state index contributed by atoms with van der Waals surface area (Å²) < 4.78 is 33.9. The first-order chi connectivity index (χ1) is 6.83. The highest BCUT2D eigenvalue weighted by molar-refractivity contribution is 7.61. The predicted molar refractivity (Wildman–Crippen MR) is 49.4 cm³/mol. The summed E-state index contributed by atoms with van der Waals surface area (Å²) in [6, 6.07) is 0. The van der Waals surface area contributed by atoms with Crippen molar-refractivity contribution < 1.29 is 37.4 Å². The SMILES string of the molecule is CCC=COP(=O)(OCO)OP(=O)(O)O. The van der Waals surface area contributed by atoms with Crippen LogP contribution in [-0.2, 0) is 22.5 Å². The Morgan fingerprint density at radius 3 is 2.33 bits per heavy atom. The van der Waals surface area contributed by atoms with Crippen LogP contribution in [0, 0.1) is 0 Å². The highest BCUT2D eigenvalue weighted by Crippen LogP contribution is 2.61. The maximum absolute atomic E-state index is 11.3. The quantitative estimate of drug-likeness (QED) is 0.354. The minimum absolute atomic E-state index is 0.551. The van der Waals surface area contributed by atoms with E-state index < -0.39 is 22.4 Å². The fourth-order valence-corrected chi connectivity index (χ4v) is 2.31. The lowest BCUT2D eigenvalue weighted by molar-refractivity contribution is 0.0623. The van der Waals surface area contributed by atoms with Crippen molar-refractivity contribution in [3.63, 3.8) is 0 Å². The van der Waals surface area contributed by atoms with Gasteiger partial charge in [0, 0.05) is 0 Å². The van der Waals surface area contributed by atoms with Gasteiger partial charge in [0.1, 0.15) is 0 Å². The Morgan fingerprint density at radius 1 is 1.33 bits per heavy atom. The largest absolute Gasteiger partial charge is 0.540 e. The first-order valence-electron chi connectivity index (χ1n) is 3.78. The van der Waals surface area contributed by atoms with Gasteiger partial charge in [0.25, 0.3) is 0 Å². The fourth-order valence-electron chi connectivity index (χ4n) is 0.488. The number of allylic oxidation sites excluding steroid dienone is 1. The molecule has 1 unspecified atom stereocenters. The molecular weight excluding hydrogens is 250 g/mol. The molecule has 0 bridgehead atoms. The Bertz CT molecular complexity index is 293. The third-order valence-corrected chi connectivity index (χ3v) is 3.41. The van der Waals surface area contributed by atoms with Crippen LogP contribution in [0.3, 0.4) is 0 Å². The average Bonchev–Trinajstić information content (AvgIpc) is 2.01. The minimum atomic E-state index is -5.02. The Balaban J connectivity index is 4.52. The topological polar surface area (TPSA) is 123 Å². The van der Waals surface area contributed by atoms with Gasteiger partial charge in [-0.2, -0.15) is 4.31 Å². The van der Waals surface area contributed by atoms with E-state index in [4.69, 9.17) is 14.9 Å². The molecular formula is C5H12O8P2. The highest BCUT2D eigenvalue weighted by atomic mass is 31.3. The summed E-state index contributed by atoms with van der Waals surface area (Å²) in [6.45, 7) is 0.693. The van der Waals surface area contributed by atoms with Crippen molar-refractivity contribution in [3.05, 3.63) is 12.3 Å². The van der Waals surface area contributed by atoms with E-state index in [1.807, 2.05) is 0 Å². The van der Waals surface area contributed by atoms with Crippen molar-refractivity contribution in [2.24, 2.45) is 0 Å². The van der Waals surface area contributed by atoms with Crippen molar-refractivity contribution in [2.75, 3.05) is 6.79 Å². The van der Waals surface area contributed by atoms with Gasteiger partial charge >= 0.3 is 15.6 Å². The molecule has 1 atom stereocenters. The lowest BCUT2D eigenvalue weighted by Gasteiger charge is -2.14. The third-order valence-electron chi connectivity index (χ3n) is 0.944. The summed E-state index contributed by atoms with van der Waals surface area (Å²) in [7, 11) is -9.49. The highest BCUT2D eigenvalue weighted by Gasteiger charge is 2.36. The molecule has 0 aliphatic rings. The van der Waals surface area contributed by atoms with Crippen LogP contribution in [0.25, 0.3) is 0 Å². The summed E-state index contributed by atoms with van der Waals surface area (Å²) in [5, 5.41) is 8.32. The summed E-state index contributed by atoms with van der Waals surface area (Å²) in [5.41, 5.74) is 0. The molecule has 0 saturated heterocycles. The van der Waals surface area contributed by atoms with E-state index in [1.165, 1.54) is 6.08 Å². The number of aliphatic hydroxyl groups is 1. The first-order valence-corrected chi connectivity index (χ1v) is 6.78. The number of rotatable bonds is 7. The van der Waals surface area contributed by atoms with Gasteiger partial charge in [-0.1, -0.05) is 6.92 Å². The van der Waals surface area contributed by atoms with Crippen molar-refractivity contribution in [1.29, 1.82) is 0 Å². The molecule has 90 valence electrons. The number of phosphoric ester groups is 1. The van der Waals surface area contributed by atoms with Crippen molar-refractivity contribution in [1.82, 2.24) is 0 Å². The second-order valence-corrected chi connectivity index (χ2v) is 5.16. The molecule has 15 heavy (non-hydrogen) atoms. The zero-order valence-corrected chi connectivity index (χ0v) is 9.64. The normalized spacial score (nSPS) is 16.5. The second-order valence-electron chi connectivity index (χ2n) is 2.16. The first kappa shape index (κ1) is 14.8. The van der Waals surface area contributed by atoms with Crippen molar-refractivity contribution in [3.8, 4) is 0 Å². The molecule has 0 spiro atoms. The Hall–Kier alpha value is -0.200. The lowest BCUT2D eigenvalue weighted by atomic mass is 10.5. The van der Waals surface area contributed by atoms with Gasteiger partial charge in [-0.05, 0) is 12.5 Å². The number of aliphatic hydroxyl groups excluding tert-OH is 1. The zero-order valence-electron chi connectivity index (χ0n) is 7.85. The van der Waals surface area contributed by atoms with Crippen LogP contribution in [0.2, 0.25) is 0 Å². The maximum atomic E-state index is 11.3. The molecule has 0 saturated carbocycles. The van der Waals surface area contributed by atoms with Crippen LogP contribution in [0.1, 0.15) is 13.3 Å². The zero-order chi connectivity index (χ0) is 11.9. The molecule has 8 nitrogen and oxygen atoms in total. The molecule has 0 amide bonds. The molecule has 3 N–H and O–H groups in total. The van der Waals surface area contributed by atoms with Gasteiger partial charge in [0.05, 0.1) is 6.26 Å². The summed E-state index contributed by atoms with van der Waals surface area (Å²) in [5.74, 6) is 0. The maximum Gasteiger partial charge on any atom is 0.540 e. The van der Waals surface area contributed by atoms with Crippen molar-refractivity contribution in [2.45, 2.75) is 13.3 Å². The molecule has 0 rings (SSSR count). The predicted octanol–water partition coefficient (Wildman–Crippen LogP) is 1.11. The Labute approximate surface area is 86.3 Å².